The summed E-state index contributed by atoms with van der Waals surface area (Å²) in [5.41, 5.74) is 1.19. The van der Waals surface area contributed by atoms with E-state index in [1.54, 1.807) is 6.92 Å². The molecule has 2 N–H and O–H groups in total. The zero-order valence-electron chi connectivity index (χ0n) is 16.1. The summed E-state index contributed by atoms with van der Waals surface area (Å²) in [5, 5.41) is 20.3. The molecule has 0 aromatic heterocycles. The molecule has 1 aromatic rings. The van der Waals surface area contributed by atoms with Gasteiger partial charge in [-0.1, -0.05) is 24.3 Å². The second kappa shape index (κ2) is 7.17. The van der Waals surface area contributed by atoms with Gasteiger partial charge in [-0.25, -0.2) is 0 Å². The van der Waals surface area contributed by atoms with Crippen LogP contribution in [0.2, 0.25) is 0 Å². The standard InChI is InChI=1S/C21H30N2O4/c1-20(26)15-21(27-14-18(20)24)7-10-23(11-8-21)19(25)13-22-9-6-16-4-2-3-5-17(16)12-22/h2-5,18,24,26H,6-15H2,1H3/t18-,20-/m0/s1. The van der Waals surface area contributed by atoms with Gasteiger partial charge in [-0.2, -0.15) is 0 Å². The maximum absolute atomic E-state index is 12.8. The van der Waals surface area contributed by atoms with E-state index in [1.165, 1.54) is 11.1 Å². The number of piperidine rings is 1. The molecule has 3 aliphatic heterocycles. The van der Waals surface area contributed by atoms with Crippen LogP contribution in [-0.4, -0.2) is 76.0 Å². The van der Waals surface area contributed by atoms with Gasteiger partial charge in [0.05, 0.1) is 24.4 Å². The van der Waals surface area contributed by atoms with Gasteiger partial charge in [0.1, 0.15) is 6.10 Å². The van der Waals surface area contributed by atoms with Crippen molar-refractivity contribution in [2.75, 3.05) is 32.8 Å². The average molecular weight is 374 g/mol. The van der Waals surface area contributed by atoms with Crippen LogP contribution in [0.4, 0.5) is 0 Å². The molecule has 148 valence electrons. The molecule has 0 unspecified atom stereocenters. The first-order valence-corrected chi connectivity index (χ1v) is 9.98. The number of aliphatic hydroxyl groups is 2. The maximum atomic E-state index is 12.8. The van der Waals surface area contributed by atoms with E-state index in [-0.39, 0.29) is 12.5 Å². The van der Waals surface area contributed by atoms with Crippen LogP contribution in [0.15, 0.2) is 24.3 Å². The zero-order chi connectivity index (χ0) is 19.1. The minimum absolute atomic E-state index is 0.161. The van der Waals surface area contributed by atoms with E-state index in [2.05, 4.69) is 29.2 Å². The van der Waals surface area contributed by atoms with Crippen molar-refractivity contribution in [3.63, 3.8) is 0 Å². The van der Waals surface area contributed by atoms with Gasteiger partial charge in [-0.05, 0) is 37.3 Å². The van der Waals surface area contributed by atoms with Crippen molar-refractivity contribution in [2.24, 2.45) is 0 Å². The van der Waals surface area contributed by atoms with E-state index in [9.17, 15) is 15.0 Å². The highest BCUT2D eigenvalue weighted by atomic mass is 16.5. The van der Waals surface area contributed by atoms with E-state index in [0.717, 1.165) is 19.5 Å². The SMILES string of the molecule is C[C@]1(O)CC2(CCN(C(=O)CN3CCc4ccccc4C3)CC2)OC[C@@H]1O. The Morgan fingerprint density at radius 3 is 2.63 bits per heavy atom. The first kappa shape index (κ1) is 18.9. The van der Waals surface area contributed by atoms with Gasteiger partial charge in [0, 0.05) is 32.6 Å². The number of hydrogen-bond acceptors (Lipinski definition) is 5. The maximum Gasteiger partial charge on any atom is 0.236 e. The molecule has 6 heteroatoms. The monoisotopic (exact) mass is 374 g/mol. The smallest absolute Gasteiger partial charge is 0.236 e. The number of amides is 1. The summed E-state index contributed by atoms with van der Waals surface area (Å²) >= 11 is 0. The molecule has 0 bridgehead atoms. The first-order chi connectivity index (χ1) is 12.9. The van der Waals surface area contributed by atoms with Gasteiger partial charge < -0.3 is 19.8 Å². The van der Waals surface area contributed by atoms with Crippen molar-refractivity contribution in [3.05, 3.63) is 35.4 Å². The quantitative estimate of drug-likeness (QED) is 0.806. The largest absolute Gasteiger partial charge is 0.388 e. The summed E-state index contributed by atoms with van der Waals surface area (Å²) in [5.74, 6) is 0.173. The minimum Gasteiger partial charge on any atom is -0.388 e. The lowest BCUT2D eigenvalue weighted by Gasteiger charge is -2.50. The Labute approximate surface area is 160 Å². The molecule has 2 fully saturated rings. The molecule has 4 rings (SSSR count). The molecule has 0 aliphatic carbocycles. The van der Waals surface area contributed by atoms with Gasteiger partial charge in [0.2, 0.25) is 5.91 Å². The normalized spacial score (nSPS) is 30.9. The molecule has 6 nitrogen and oxygen atoms in total. The number of benzene rings is 1. The molecule has 3 heterocycles. The summed E-state index contributed by atoms with van der Waals surface area (Å²) in [6.45, 7) is 5.35. The van der Waals surface area contributed by atoms with Crippen LogP contribution in [0, 0.1) is 0 Å². The number of ether oxygens (including phenoxy) is 1. The van der Waals surface area contributed by atoms with Crippen LogP contribution >= 0.6 is 0 Å². The number of hydrogen-bond donors (Lipinski definition) is 2. The number of carbonyl (C=O) groups excluding carboxylic acids is 1. The van der Waals surface area contributed by atoms with Crippen molar-refractivity contribution in [1.82, 2.24) is 9.80 Å². The van der Waals surface area contributed by atoms with Gasteiger partial charge in [-0.15, -0.1) is 0 Å². The van der Waals surface area contributed by atoms with Crippen molar-refractivity contribution < 1.29 is 19.7 Å². The predicted octanol–water partition coefficient (Wildman–Crippen LogP) is 0.938. The first-order valence-electron chi connectivity index (χ1n) is 9.98. The molecular formula is C21H30N2O4. The molecule has 2 saturated heterocycles. The van der Waals surface area contributed by atoms with Crippen LogP contribution in [0.5, 0.6) is 0 Å². The average Bonchev–Trinajstić information content (AvgIpc) is 2.65. The lowest BCUT2D eigenvalue weighted by molar-refractivity contribution is -0.222. The number of fused-ring (bicyclic) bond motifs is 1. The minimum atomic E-state index is -1.12. The Morgan fingerprint density at radius 2 is 1.93 bits per heavy atom. The molecule has 27 heavy (non-hydrogen) atoms. The van der Waals surface area contributed by atoms with Gasteiger partial charge in [0.25, 0.3) is 0 Å². The Bertz CT molecular complexity index is 697. The highest BCUT2D eigenvalue weighted by Crippen LogP contribution is 2.39. The van der Waals surface area contributed by atoms with Crippen molar-refractivity contribution in [2.45, 2.75) is 56.5 Å². The topological polar surface area (TPSA) is 73.2 Å². The van der Waals surface area contributed by atoms with Crippen LogP contribution in [-0.2, 0) is 22.5 Å². The third-order valence-corrected chi connectivity index (χ3v) is 6.54. The number of aliphatic hydroxyl groups excluding tert-OH is 1. The Kier molecular flexibility index (Phi) is 5.01. The molecule has 1 spiro atoms. The molecule has 2 atom stereocenters. The molecule has 1 aromatic carbocycles. The van der Waals surface area contributed by atoms with E-state index in [1.807, 2.05) is 4.90 Å². The summed E-state index contributed by atoms with van der Waals surface area (Å²) in [4.78, 5) is 16.9. The van der Waals surface area contributed by atoms with Crippen molar-refractivity contribution >= 4 is 5.91 Å². The van der Waals surface area contributed by atoms with Gasteiger partial charge >= 0.3 is 0 Å². The predicted molar refractivity (Wildman–Crippen MR) is 101 cm³/mol. The fraction of sp³-hybridized carbons (Fsp3) is 0.667. The van der Waals surface area contributed by atoms with Crippen LogP contribution in [0.25, 0.3) is 0 Å². The highest BCUT2D eigenvalue weighted by molar-refractivity contribution is 5.78. The van der Waals surface area contributed by atoms with Crippen LogP contribution in [0.1, 0.15) is 37.3 Å². The van der Waals surface area contributed by atoms with Crippen LogP contribution < -0.4 is 0 Å². The van der Waals surface area contributed by atoms with Crippen molar-refractivity contribution in [3.8, 4) is 0 Å². The summed E-state index contributed by atoms with van der Waals surface area (Å²) in [7, 11) is 0. The number of nitrogens with zero attached hydrogens (tertiary/aromatic N) is 2. The fourth-order valence-corrected chi connectivity index (χ4v) is 4.72. The third-order valence-electron chi connectivity index (χ3n) is 6.54. The van der Waals surface area contributed by atoms with Crippen LogP contribution in [0.3, 0.4) is 0 Å². The van der Waals surface area contributed by atoms with Gasteiger partial charge in [0.15, 0.2) is 0 Å². The fourth-order valence-electron chi connectivity index (χ4n) is 4.72. The number of rotatable bonds is 2. The summed E-state index contributed by atoms with van der Waals surface area (Å²) in [6.07, 6.45) is 2.00. The Morgan fingerprint density at radius 1 is 1.22 bits per heavy atom. The second-order valence-electron chi connectivity index (χ2n) is 8.65. The summed E-state index contributed by atoms with van der Waals surface area (Å²) < 4.78 is 5.91. The summed E-state index contributed by atoms with van der Waals surface area (Å²) in [6, 6.07) is 8.46. The molecular weight excluding hydrogens is 344 g/mol. The Hall–Kier alpha value is -1.47. The molecule has 3 aliphatic rings. The zero-order valence-corrected chi connectivity index (χ0v) is 16.1. The second-order valence-corrected chi connectivity index (χ2v) is 8.65. The lowest BCUT2D eigenvalue weighted by Crippen LogP contribution is -2.60. The molecule has 0 radical (unpaired) electrons. The third kappa shape index (κ3) is 3.90. The highest BCUT2D eigenvalue weighted by Gasteiger charge is 2.49. The van der Waals surface area contributed by atoms with E-state index >= 15 is 0 Å². The number of likely N-dealkylation sites (tertiary alicyclic amines) is 1. The number of carbonyl (C=O) groups is 1. The lowest BCUT2D eigenvalue weighted by atomic mass is 9.76. The van der Waals surface area contributed by atoms with E-state index < -0.39 is 17.3 Å². The Balaban J connectivity index is 1.31. The van der Waals surface area contributed by atoms with E-state index in [0.29, 0.717) is 38.9 Å². The molecule has 1 amide bonds. The van der Waals surface area contributed by atoms with E-state index in [4.69, 9.17) is 4.74 Å². The van der Waals surface area contributed by atoms with Crippen molar-refractivity contribution in [1.29, 1.82) is 0 Å². The molecule has 0 saturated carbocycles. The van der Waals surface area contributed by atoms with Gasteiger partial charge in [-0.3, -0.25) is 9.69 Å².